The summed E-state index contributed by atoms with van der Waals surface area (Å²) in [7, 11) is 0. The smallest absolute Gasteiger partial charge is 0.165 e. The van der Waals surface area contributed by atoms with Crippen molar-refractivity contribution in [3.63, 3.8) is 0 Å². The molecule has 1 aromatic heterocycles. The van der Waals surface area contributed by atoms with Crippen LogP contribution in [0.5, 0.6) is 0 Å². The Hall–Kier alpha value is -2.44. The Labute approximate surface area is 149 Å². The number of rotatable bonds is 1. The molecule has 0 fully saturated rings. The van der Waals surface area contributed by atoms with E-state index in [1.165, 1.54) is 24.3 Å². The molecule has 132 valence electrons. The quantitative estimate of drug-likeness (QED) is 0.443. The molecule has 0 radical (unpaired) electrons. The number of nitrogen functional groups attached to an aromatic ring is 1. The molecule has 25 heavy (non-hydrogen) atoms. The number of fused-ring (bicyclic) bond motifs is 3. The van der Waals surface area contributed by atoms with Crippen LogP contribution in [0.25, 0.3) is 10.9 Å². The second-order valence-electron chi connectivity index (χ2n) is 5.60. The Balaban J connectivity index is 0.000000196. The van der Waals surface area contributed by atoms with E-state index in [2.05, 4.69) is 10.4 Å². The standard InChI is InChI=1S/C12H10FNO.C6H7FN2.ClH/c13-7-4-5-9-8(6-7)12-10(14-9)2-1-3-11(12)15;7-5-1-3-6(9-8)4-2-5;/h4-6,14H,1-3H2;1-4,9H,8H2;1H. The van der Waals surface area contributed by atoms with E-state index in [1.54, 1.807) is 18.2 Å². The van der Waals surface area contributed by atoms with E-state index < -0.39 is 0 Å². The number of H-pyrrole nitrogens is 1. The van der Waals surface area contributed by atoms with Gasteiger partial charge in [0, 0.05) is 34.3 Å². The first kappa shape index (κ1) is 18.9. The van der Waals surface area contributed by atoms with Gasteiger partial charge < -0.3 is 10.4 Å². The number of aromatic amines is 1. The maximum atomic E-state index is 13.1. The average molecular weight is 366 g/mol. The zero-order chi connectivity index (χ0) is 17.1. The second-order valence-corrected chi connectivity index (χ2v) is 5.60. The first-order valence-corrected chi connectivity index (χ1v) is 7.64. The van der Waals surface area contributed by atoms with Gasteiger partial charge in [0.05, 0.1) is 0 Å². The number of hydrazine groups is 1. The van der Waals surface area contributed by atoms with Crippen LogP contribution in [-0.2, 0) is 6.42 Å². The molecule has 0 amide bonds. The summed E-state index contributed by atoms with van der Waals surface area (Å²) >= 11 is 0. The number of anilines is 1. The van der Waals surface area contributed by atoms with Gasteiger partial charge in [-0.25, -0.2) is 8.78 Å². The third-order valence-corrected chi connectivity index (χ3v) is 3.96. The third kappa shape index (κ3) is 4.15. The molecule has 0 bridgehead atoms. The van der Waals surface area contributed by atoms with Crippen LogP contribution in [0.2, 0.25) is 0 Å². The van der Waals surface area contributed by atoms with Crippen LogP contribution < -0.4 is 11.3 Å². The lowest BCUT2D eigenvalue weighted by Gasteiger charge is -2.09. The van der Waals surface area contributed by atoms with Crippen molar-refractivity contribution in [3.8, 4) is 0 Å². The van der Waals surface area contributed by atoms with Gasteiger partial charge in [-0.1, -0.05) is 0 Å². The topological polar surface area (TPSA) is 70.9 Å². The first-order chi connectivity index (χ1) is 11.6. The SMILES string of the molecule is Cl.NNc1ccc(F)cc1.O=C1CCCc2[nH]c3ccc(F)cc3c21. The lowest BCUT2D eigenvalue weighted by Crippen LogP contribution is -2.09. The van der Waals surface area contributed by atoms with Crippen LogP contribution in [0.15, 0.2) is 42.5 Å². The molecule has 4 nitrogen and oxygen atoms in total. The number of hydrogen-bond donors (Lipinski definition) is 3. The third-order valence-electron chi connectivity index (χ3n) is 3.96. The number of benzene rings is 2. The number of hydrogen-bond acceptors (Lipinski definition) is 3. The van der Waals surface area contributed by atoms with Crippen molar-refractivity contribution in [1.82, 2.24) is 4.98 Å². The molecule has 1 aliphatic rings. The van der Waals surface area contributed by atoms with Gasteiger partial charge in [0.25, 0.3) is 0 Å². The number of carbonyl (C=O) groups excluding carboxylic acids is 1. The highest BCUT2D eigenvalue weighted by Crippen LogP contribution is 2.29. The lowest BCUT2D eigenvalue weighted by atomic mass is 9.94. The monoisotopic (exact) mass is 365 g/mol. The zero-order valence-electron chi connectivity index (χ0n) is 13.3. The predicted octanol–water partition coefficient (Wildman–Crippen LogP) is 4.36. The van der Waals surface area contributed by atoms with Gasteiger partial charge >= 0.3 is 0 Å². The molecule has 1 heterocycles. The van der Waals surface area contributed by atoms with Gasteiger partial charge in [-0.05, 0) is 55.3 Å². The maximum absolute atomic E-state index is 13.1. The van der Waals surface area contributed by atoms with Gasteiger partial charge in [0.2, 0.25) is 0 Å². The van der Waals surface area contributed by atoms with Crippen molar-refractivity contribution in [2.75, 3.05) is 5.43 Å². The highest BCUT2D eigenvalue weighted by molar-refractivity contribution is 6.09. The Morgan fingerprint density at radius 2 is 1.68 bits per heavy atom. The van der Waals surface area contributed by atoms with Gasteiger partial charge in [-0.2, -0.15) is 0 Å². The van der Waals surface area contributed by atoms with Crippen LogP contribution in [-0.4, -0.2) is 10.8 Å². The molecule has 0 saturated heterocycles. The number of ketones is 1. The van der Waals surface area contributed by atoms with Gasteiger partial charge in [0.15, 0.2) is 5.78 Å². The summed E-state index contributed by atoms with van der Waals surface area (Å²) in [5.74, 6) is 4.62. The van der Waals surface area contributed by atoms with E-state index in [4.69, 9.17) is 5.84 Å². The minimum atomic E-state index is -0.289. The van der Waals surface area contributed by atoms with Crippen molar-refractivity contribution in [3.05, 3.63) is 65.4 Å². The molecule has 4 N–H and O–H groups in total. The first-order valence-electron chi connectivity index (χ1n) is 7.64. The summed E-state index contributed by atoms with van der Waals surface area (Å²) in [6.07, 6.45) is 2.36. The number of aromatic nitrogens is 1. The second kappa shape index (κ2) is 8.09. The van der Waals surface area contributed by atoms with Crippen LogP contribution in [0.3, 0.4) is 0 Å². The Morgan fingerprint density at radius 3 is 2.36 bits per heavy atom. The van der Waals surface area contributed by atoms with Crippen molar-refractivity contribution in [2.24, 2.45) is 5.84 Å². The molecule has 2 aromatic carbocycles. The molecule has 4 rings (SSSR count). The van der Waals surface area contributed by atoms with Crippen LogP contribution >= 0.6 is 12.4 Å². The maximum Gasteiger partial charge on any atom is 0.165 e. The van der Waals surface area contributed by atoms with Crippen molar-refractivity contribution in [1.29, 1.82) is 0 Å². The fourth-order valence-electron chi connectivity index (χ4n) is 2.82. The van der Waals surface area contributed by atoms with Crippen molar-refractivity contribution in [2.45, 2.75) is 19.3 Å². The van der Waals surface area contributed by atoms with E-state index in [1.807, 2.05) is 0 Å². The highest BCUT2D eigenvalue weighted by Gasteiger charge is 2.22. The Bertz CT molecular complexity index is 878. The number of carbonyl (C=O) groups is 1. The van der Waals surface area contributed by atoms with E-state index in [9.17, 15) is 13.6 Å². The number of aryl methyl sites for hydroxylation is 1. The number of nitrogens with one attached hydrogen (secondary N) is 2. The van der Waals surface area contributed by atoms with E-state index in [0.29, 0.717) is 17.7 Å². The van der Waals surface area contributed by atoms with Crippen molar-refractivity contribution < 1.29 is 13.6 Å². The molecule has 7 heteroatoms. The fraction of sp³-hybridized carbons (Fsp3) is 0.167. The molecule has 0 saturated carbocycles. The Kier molecular flexibility index (Phi) is 6.12. The molecule has 1 aliphatic carbocycles. The summed E-state index contributed by atoms with van der Waals surface area (Å²) in [5.41, 5.74) is 5.62. The van der Waals surface area contributed by atoms with Crippen LogP contribution in [0, 0.1) is 11.6 Å². The van der Waals surface area contributed by atoms with E-state index in [0.717, 1.165) is 29.4 Å². The molecule has 0 spiro atoms. The van der Waals surface area contributed by atoms with E-state index in [-0.39, 0.29) is 29.8 Å². The van der Waals surface area contributed by atoms with Crippen LogP contribution in [0.4, 0.5) is 14.5 Å². The number of nitrogens with two attached hydrogens (primary N) is 1. The fourth-order valence-corrected chi connectivity index (χ4v) is 2.82. The largest absolute Gasteiger partial charge is 0.358 e. The lowest BCUT2D eigenvalue weighted by molar-refractivity contribution is 0.0974. The summed E-state index contributed by atoms with van der Waals surface area (Å²) in [5, 5.41) is 0.731. The molecule has 0 unspecified atom stereocenters. The summed E-state index contributed by atoms with van der Waals surface area (Å²) in [6, 6.07) is 10.4. The van der Waals surface area contributed by atoms with Gasteiger partial charge in [0.1, 0.15) is 11.6 Å². The average Bonchev–Trinajstić information content (AvgIpc) is 2.95. The highest BCUT2D eigenvalue weighted by atomic mass is 35.5. The molecule has 0 atom stereocenters. The van der Waals surface area contributed by atoms with Crippen LogP contribution in [0.1, 0.15) is 28.9 Å². The minimum absolute atomic E-state index is 0. The zero-order valence-corrected chi connectivity index (χ0v) is 14.1. The normalized spacial score (nSPS) is 12.7. The molecular formula is C18H18ClF2N3O. The van der Waals surface area contributed by atoms with E-state index >= 15 is 0 Å². The Morgan fingerprint density at radius 1 is 1.00 bits per heavy atom. The molecule has 3 aromatic rings. The minimum Gasteiger partial charge on any atom is -0.358 e. The number of Topliss-reactive ketones (excluding diaryl/α,β-unsaturated/α-hetero) is 1. The molecular weight excluding hydrogens is 348 g/mol. The molecule has 0 aliphatic heterocycles. The number of halogens is 3. The van der Waals surface area contributed by atoms with Gasteiger partial charge in [-0.3, -0.25) is 10.6 Å². The van der Waals surface area contributed by atoms with Gasteiger partial charge in [-0.15, -0.1) is 12.4 Å². The summed E-state index contributed by atoms with van der Waals surface area (Å²) in [6.45, 7) is 0. The summed E-state index contributed by atoms with van der Waals surface area (Å²) < 4.78 is 25.2. The van der Waals surface area contributed by atoms with Crippen molar-refractivity contribution >= 4 is 34.8 Å². The summed E-state index contributed by atoms with van der Waals surface area (Å²) in [4.78, 5) is 14.9. The predicted molar refractivity (Wildman–Crippen MR) is 97.0 cm³/mol.